The number of hydrogen-bond acceptors (Lipinski definition) is 3. The Bertz CT molecular complexity index is 444. The Morgan fingerprint density at radius 2 is 2.21 bits per heavy atom. The highest BCUT2D eigenvalue weighted by atomic mass is 16.2. The molecule has 0 spiro atoms. The first kappa shape index (κ1) is 14.1. The second-order valence-electron chi connectivity index (χ2n) is 5.95. The van der Waals surface area contributed by atoms with Crippen LogP contribution in [0.3, 0.4) is 0 Å². The van der Waals surface area contributed by atoms with Gasteiger partial charge in [0.05, 0.1) is 11.6 Å². The second-order valence-corrected chi connectivity index (χ2v) is 5.95. The Balaban J connectivity index is 2.18. The second kappa shape index (κ2) is 5.33. The highest BCUT2D eigenvalue weighted by Crippen LogP contribution is 2.35. The Kier molecular flexibility index (Phi) is 3.94. The van der Waals surface area contributed by atoms with E-state index in [9.17, 15) is 4.79 Å². The van der Waals surface area contributed by atoms with Gasteiger partial charge < -0.3 is 10.6 Å². The van der Waals surface area contributed by atoms with Crippen molar-refractivity contribution in [3.8, 4) is 0 Å². The molecule has 2 rings (SSSR count). The lowest BCUT2D eigenvalue weighted by molar-refractivity contribution is -0.126. The van der Waals surface area contributed by atoms with E-state index in [1.165, 1.54) is 0 Å². The largest absolute Gasteiger partial charge is 0.316 e. The highest BCUT2D eigenvalue weighted by Gasteiger charge is 2.44. The minimum atomic E-state index is -0.300. The molecule has 1 amide bonds. The van der Waals surface area contributed by atoms with E-state index in [0.717, 1.165) is 25.3 Å². The van der Waals surface area contributed by atoms with Crippen molar-refractivity contribution in [3.63, 3.8) is 0 Å². The van der Waals surface area contributed by atoms with Gasteiger partial charge in [0.25, 0.3) is 0 Å². The number of carbonyl (C=O) groups excluding carboxylic acids is 1. The topological polar surface area (TPSA) is 59.0 Å². The number of rotatable bonds is 4. The summed E-state index contributed by atoms with van der Waals surface area (Å²) in [6.07, 6.45) is 2.62. The molecule has 2 heterocycles. The Labute approximate surface area is 114 Å². The molecular formula is C14H24N4O. The maximum absolute atomic E-state index is 12.7. The van der Waals surface area contributed by atoms with E-state index in [1.54, 1.807) is 6.20 Å². The smallest absolute Gasteiger partial charge is 0.233 e. The lowest BCUT2D eigenvalue weighted by Gasteiger charge is -2.31. The molecule has 106 valence electrons. The molecule has 2 N–H and O–H groups in total. The van der Waals surface area contributed by atoms with E-state index >= 15 is 0 Å². The molecule has 5 heteroatoms. The van der Waals surface area contributed by atoms with Crippen molar-refractivity contribution in [3.05, 3.63) is 12.3 Å². The van der Waals surface area contributed by atoms with Crippen molar-refractivity contribution in [2.45, 2.75) is 40.2 Å². The lowest BCUT2D eigenvalue weighted by atomic mass is 9.75. The fourth-order valence-corrected chi connectivity index (χ4v) is 2.73. The molecule has 1 atom stereocenters. The van der Waals surface area contributed by atoms with Gasteiger partial charge in [-0.3, -0.25) is 4.79 Å². The average Bonchev–Trinajstić information content (AvgIpc) is 2.97. The van der Waals surface area contributed by atoms with Crippen molar-refractivity contribution in [1.82, 2.24) is 15.1 Å². The van der Waals surface area contributed by atoms with Crippen molar-refractivity contribution in [1.29, 1.82) is 0 Å². The zero-order chi connectivity index (χ0) is 14.0. The predicted molar refractivity (Wildman–Crippen MR) is 76.0 cm³/mol. The molecule has 0 radical (unpaired) electrons. The fraction of sp³-hybridized carbons (Fsp3) is 0.714. The number of aromatic nitrogens is 2. The number of nitrogens with one attached hydrogen (secondary N) is 2. The van der Waals surface area contributed by atoms with E-state index < -0.39 is 0 Å². The lowest BCUT2D eigenvalue weighted by Crippen LogP contribution is -2.42. The van der Waals surface area contributed by atoms with E-state index in [-0.39, 0.29) is 17.4 Å². The number of anilines is 1. The van der Waals surface area contributed by atoms with Crippen LogP contribution in [0.2, 0.25) is 0 Å². The van der Waals surface area contributed by atoms with Crippen LogP contribution in [0.4, 0.5) is 5.82 Å². The summed E-state index contributed by atoms with van der Waals surface area (Å²) >= 11 is 0. The van der Waals surface area contributed by atoms with Crippen LogP contribution in [0, 0.1) is 11.3 Å². The summed E-state index contributed by atoms with van der Waals surface area (Å²) in [7, 11) is 0. The molecule has 5 nitrogen and oxygen atoms in total. The van der Waals surface area contributed by atoms with Crippen LogP contribution >= 0.6 is 0 Å². The highest BCUT2D eigenvalue weighted by molar-refractivity contribution is 5.95. The number of amides is 1. The van der Waals surface area contributed by atoms with Gasteiger partial charge in [-0.2, -0.15) is 5.10 Å². The van der Waals surface area contributed by atoms with Crippen molar-refractivity contribution < 1.29 is 4.79 Å². The normalized spacial score (nSPS) is 23.3. The standard InChI is InChI=1S/C14H24N4O/c1-10(2)14(6-8-15-9-14)13(19)17-12-5-7-16-18(12)11(3)4/h5,7,10-11,15H,6,8-9H2,1-4H3,(H,17,19). The van der Waals surface area contributed by atoms with E-state index in [1.807, 2.05) is 10.7 Å². The first-order valence-corrected chi connectivity index (χ1v) is 7.03. The first-order chi connectivity index (χ1) is 8.97. The van der Waals surface area contributed by atoms with Gasteiger partial charge >= 0.3 is 0 Å². The van der Waals surface area contributed by atoms with Crippen LogP contribution in [0.5, 0.6) is 0 Å². The van der Waals surface area contributed by atoms with Crippen molar-refractivity contribution in [2.24, 2.45) is 11.3 Å². The third-order valence-corrected chi connectivity index (χ3v) is 4.15. The molecule has 0 aliphatic carbocycles. The Morgan fingerprint density at radius 3 is 2.74 bits per heavy atom. The monoisotopic (exact) mass is 264 g/mol. The van der Waals surface area contributed by atoms with Crippen molar-refractivity contribution >= 4 is 11.7 Å². The molecule has 0 saturated carbocycles. The molecule has 1 aliphatic rings. The maximum atomic E-state index is 12.7. The molecule has 1 unspecified atom stereocenters. The van der Waals surface area contributed by atoms with Gasteiger partial charge in [0, 0.05) is 18.7 Å². The zero-order valence-electron chi connectivity index (χ0n) is 12.2. The summed E-state index contributed by atoms with van der Waals surface area (Å²) < 4.78 is 1.84. The zero-order valence-corrected chi connectivity index (χ0v) is 12.2. The van der Waals surface area contributed by atoms with Crippen LogP contribution in [0.25, 0.3) is 0 Å². The number of carbonyl (C=O) groups is 1. The van der Waals surface area contributed by atoms with Gasteiger partial charge in [-0.1, -0.05) is 13.8 Å². The number of nitrogens with zero attached hydrogens (tertiary/aromatic N) is 2. The molecule has 1 fully saturated rings. The Morgan fingerprint density at radius 1 is 1.47 bits per heavy atom. The van der Waals surface area contributed by atoms with E-state index in [0.29, 0.717) is 5.92 Å². The minimum absolute atomic E-state index is 0.106. The SMILES string of the molecule is CC(C)n1nccc1NC(=O)C1(C(C)C)CCNC1. The van der Waals surface area contributed by atoms with Gasteiger partial charge in [-0.15, -0.1) is 0 Å². The molecule has 0 aromatic carbocycles. The molecule has 1 aliphatic heterocycles. The molecule has 1 aromatic heterocycles. The molecule has 1 aromatic rings. The summed E-state index contributed by atoms with van der Waals surface area (Å²) in [6.45, 7) is 10.0. The maximum Gasteiger partial charge on any atom is 0.233 e. The third kappa shape index (κ3) is 2.52. The molecule has 1 saturated heterocycles. The minimum Gasteiger partial charge on any atom is -0.316 e. The number of hydrogen-bond donors (Lipinski definition) is 2. The van der Waals surface area contributed by atoms with Gasteiger partial charge in [-0.25, -0.2) is 4.68 Å². The van der Waals surface area contributed by atoms with Crippen LogP contribution in [-0.2, 0) is 4.79 Å². The summed E-state index contributed by atoms with van der Waals surface area (Å²) in [5.74, 6) is 1.21. The molecular weight excluding hydrogens is 240 g/mol. The summed E-state index contributed by atoms with van der Waals surface area (Å²) in [4.78, 5) is 12.7. The van der Waals surface area contributed by atoms with Gasteiger partial charge in [0.2, 0.25) is 5.91 Å². The van der Waals surface area contributed by atoms with Crippen LogP contribution in [0.1, 0.15) is 40.2 Å². The van der Waals surface area contributed by atoms with Crippen molar-refractivity contribution in [2.75, 3.05) is 18.4 Å². The summed E-state index contributed by atoms with van der Waals surface area (Å²) in [5.41, 5.74) is -0.300. The van der Waals surface area contributed by atoms with Gasteiger partial charge in [-0.05, 0) is 32.7 Å². The summed E-state index contributed by atoms with van der Waals surface area (Å²) in [5, 5.41) is 10.6. The molecule has 19 heavy (non-hydrogen) atoms. The van der Waals surface area contributed by atoms with Gasteiger partial charge in [0.15, 0.2) is 0 Å². The van der Waals surface area contributed by atoms with Crippen LogP contribution in [-0.4, -0.2) is 28.8 Å². The molecule has 0 bridgehead atoms. The average molecular weight is 264 g/mol. The Hall–Kier alpha value is -1.36. The predicted octanol–water partition coefficient (Wildman–Crippen LogP) is 2.04. The van der Waals surface area contributed by atoms with Crippen LogP contribution in [0.15, 0.2) is 12.3 Å². The summed E-state index contributed by atoms with van der Waals surface area (Å²) in [6, 6.07) is 2.09. The van der Waals surface area contributed by atoms with E-state index in [4.69, 9.17) is 0 Å². The first-order valence-electron chi connectivity index (χ1n) is 7.03. The van der Waals surface area contributed by atoms with Crippen LogP contribution < -0.4 is 10.6 Å². The third-order valence-electron chi connectivity index (χ3n) is 4.15. The quantitative estimate of drug-likeness (QED) is 0.875. The van der Waals surface area contributed by atoms with Gasteiger partial charge in [0.1, 0.15) is 5.82 Å². The fourth-order valence-electron chi connectivity index (χ4n) is 2.73. The van der Waals surface area contributed by atoms with E-state index in [2.05, 4.69) is 43.4 Å².